The number of aromatic nitrogens is 1. The van der Waals surface area contributed by atoms with Crippen LogP contribution in [0.5, 0.6) is 0 Å². The standard InChI is InChI=1S/C19H24BrN3OS.ClH/c1-13-10-15(8-9-17(13)20)21-18(24)11-16-12-25-19(23(16)2)22-14-6-4-3-5-7-14;/h8-10,12,14H,3-7,11H2,1-2H3,(H,21,24);1H. The first-order chi connectivity index (χ1) is 12.0. The fourth-order valence-electron chi connectivity index (χ4n) is 3.14. The molecule has 142 valence electrons. The second kappa shape index (κ2) is 9.72. The smallest absolute Gasteiger partial charge is 0.230 e. The number of carbonyl (C=O) groups excluding carboxylic acids is 1. The Morgan fingerprint density at radius 2 is 2.08 bits per heavy atom. The molecule has 1 aromatic carbocycles. The number of benzene rings is 1. The van der Waals surface area contributed by atoms with E-state index in [0.29, 0.717) is 12.5 Å². The normalized spacial score (nSPS) is 15.6. The number of halogens is 2. The number of aryl methyl sites for hydroxylation is 1. The minimum absolute atomic E-state index is 0. The Morgan fingerprint density at radius 3 is 2.77 bits per heavy atom. The van der Waals surface area contributed by atoms with Gasteiger partial charge < -0.3 is 9.88 Å². The molecular weight excluding hydrogens is 434 g/mol. The molecule has 0 atom stereocenters. The number of nitrogens with zero attached hydrogens (tertiary/aromatic N) is 2. The van der Waals surface area contributed by atoms with Gasteiger partial charge in [-0.2, -0.15) is 0 Å². The quantitative estimate of drug-likeness (QED) is 0.689. The molecule has 4 nitrogen and oxygen atoms in total. The Balaban J connectivity index is 0.00000243. The largest absolute Gasteiger partial charge is 0.326 e. The zero-order valence-corrected chi connectivity index (χ0v) is 18.3. The molecule has 0 bridgehead atoms. The molecule has 1 heterocycles. The zero-order valence-electron chi connectivity index (χ0n) is 15.1. The monoisotopic (exact) mass is 457 g/mol. The maximum atomic E-state index is 12.4. The third kappa shape index (κ3) is 5.44. The van der Waals surface area contributed by atoms with Crippen molar-refractivity contribution in [3.8, 4) is 0 Å². The van der Waals surface area contributed by atoms with Gasteiger partial charge in [0.05, 0.1) is 12.5 Å². The van der Waals surface area contributed by atoms with Crippen molar-refractivity contribution in [2.45, 2.75) is 51.5 Å². The third-order valence-corrected chi connectivity index (χ3v) is 6.54. The predicted octanol–water partition coefficient (Wildman–Crippen LogP) is 4.99. The van der Waals surface area contributed by atoms with Gasteiger partial charge in [-0.05, 0) is 43.5 Å². The summed E-state index contributed by atoms with van der Waals surface area (Å²) < 4.78 is 3.11. The van der Waals surface area contributed by atoms with E-state index < -0.39 is 0 Å². The molecular formula is C19H25BrClN3OS. The first kappa shape index (κ1) is 21.2. The predicted molar refractivity (Wildman–Crippen MR) is 114 cm³/mol. The fraction of sp³-hybridized carbons (Fsp3) is 0.474. The van der Waals surface area contributed by atoms with Crippen LogP contribution in [0, 0.1) is 6.92 Å². The lowest BCUT2D eigenvalue weighted by Gasteiger charge is -2.16. The molecule has 1 amide bonds. The number of nitrogens with one attached hydrogen (secondary N) is 1. The summed E-state index contributed by atoms with van der Waals surface area (Å²) in [5.41, 5.74) is 2.94. The highest BCUT2D eigenvalue weighted by molar-refractivity contribution is 9.10. The molecule has 2 aromatic rings. The van der Waals surface area contributed by atoms with Gasteiger partial charge in [0.25, 0.3) is 0 Å². The van der Waals surface area contributed by atoms with Crippen molar-refractivity contribution >= 4 is 51.3 Å². The van der Waals surface area contributed by atoms with Crippen LogP contribution in [0.4, 0.5) is 5.69 Å². The number of rotatable bonds is 4. The minimum atomic E-state index is -0.000612. The zero-order chi connectivity index (χ0) is 17.8. The summed E-state index contributed by atoms with van der Waals surface area (Å²) in [6.45, 7) is 2.01. The maximum Gasteiger partial charge on any atom is 0.230 e. The molecule has 0 unspecified atom stereocenters. The lowest BCUT2D eigenvalue weighted by Crippen LogP contribution is -2.22. The molecule has 1 saturated carbocycles. The summed E-state index contributed by atoms with van der Waals surface area (Å²) in [6.07, 6.45) is 6.65. The van der Waals surface area contributed by atoms with Gasteiger partial charge in [-0.25, -0.2) is 0 Å². The van der Waals surface area contributed by atoms with Crippen molar-refractivity contribution in [3.05, 3.63) is 44.1 Å². The van der Waals surface area contributed by atoms with Crippen LogP contribution in [-0.2, 0) is 18.3 Å². The average molecular weight is 459 g/mol. The van der Waals surface area contributed by atoms with Crippen LogP contribution in [0.2, 0.25) is 0 Å². The Kier molecular flexibility index (Phi) is 7.92. The molecule has 1 fully saturated rings. The fourth-order valence-corrected chi connectivity index (χ4v) is 4.35. The van der Waals surface area contributed by atoms with Crippen LogP contribution in [0.3, 0.4) is 0 Å². The first-order valence-corrected chi connectivity index (χ1v) is 10.4. The summed E-state index contributed by atoms with van der Waals surface area (Å²) in [5.74, 6) is -0.000612. The van der Waals surface area contributed by atoms with E-state index in [1.54, 1.807) is 11.3 Å². The summed E-state index contributed by atoms with van der Waals surface area (Å²) in [4.78, 5) is 18.3. The van der Waals surface area contributed by atoms with Gasteiger partial charge in [0.2, 0.25) is 5.91 Å². The molecule has 1 N–H and O–H groups in total. The Bertz CT molecular complexity index is 824. The second-order valence-electron chi connectivity index (χ2n) is 6.68. The van der Waals surface area contributed by atoms with Gasteiger partial charge >= 0.3 is 0 Å². The highest BCUT2D eigenvalue weighted by atomic mass is 79.9. The number of amides is 1. The van der Waals surface area contributed by atoms with Crippen molar-refractivity contribution < 1.29 is 4.79 Å². The topological polar surface area (TPSA) is 46.4 Å². The van der Waals surface area contributed by atoms with Crippen molar-refractivity contribution in [2.24, 2.45) is 12.0 Å². The highest BCUT2D eigenvalue weighted by Gasteiger charge is 2.13. The summed E-state index contributed by atoms with van der Waals surface area (Å²) in [7, 11) is 2.00. The van der Waals surface area contributed by atoms with Crippen LogP contribution in [0.1, 0.15) is 43.4 Å². The van der Waals surface area contributed by atoms with E-state index >= 15 is 0 Å². The van der Waals surface area contributed by atoms with Crippen LogP contribution in [-0.4, -0.2) is 16.5 Å². The molecule has 1 aliphatic rings. The molecule has 1 aliphatic carbocycles. The summed E-state index contributed by atoms with van der Waals surface area (Å²) >= 11 is 5.11. The van der Waals surface area contributed by atoms with E-state index in [0.717, 1.165) is 26.2 Å². The van der Waals surface area contributed by atoms with Crippen molar-refractivity contribution in [3.63, 3.8) is 0 Å². The van der Waals surface area contributed by atoms with Crippen LogP contribution in [0.15, 0.2) is 33.0 Å². The Morgan fingerprint density at radius 1 is 1.35 bits per heavy atom. The molecule has 1 aromatic heterocycles. The van der Waals surface area contributed by atoms with Gasteiger partial charge in [-0.15, -0.1) is 23.7 Å². The van der Waals surface area contributed by atoms with E-state index in [1.807, 2.05) is 37.6 Å². The van der Waals surface area contributed by atoms with Gasteiger partial charge in [0.15, 0.2) is 4.80 Å². The van der Waals surface area contributed by atoms with E-state index in [4.69, 9.17) is 4.99 Å². The van der Waals surface area contributed by atoms with Crippen molar-refractivity contribution in [2.75, 3.05) is 5.32 Å². The van der Waals surface area contributed by atoms with E-state index in [-0.39, 0.29) is 18.3 Å². The summed E-state index contributed by atoms with van der Waals surface area (Å²) in [5, 5.41) is 5.03. The Hall–Kier alpha value is -1.11. The molecule has 0 saturated heterocycles. The average Bonchev–Trinajstić information content (AvgIpc) is 2.92. The number of hydrogen-bond acceptors (Lipinski definition) is 3. The van der Waals surface area contributed by atoms with Crippen LogP contribution >= 0.6 is 39.7 Å². The second-order valence-corrected chi connectivity index (χ2v) is 8.37. The highest BCUT2D eigenvalue weighted by Crippen LogP contribution is 2.21. The van der Waals surface area contributed by atoms with E-state index in [2.05, 4.69) is 25.8 Å². The third-order valence-electron chi connectivity index (χ3n) is 4.67. The molecule has 7 heteroatoms. The number of anilines is 1. The molecule has 0 aliphatic heterocycles. The van der Waals surface area contributed by atoms with Crippen LogP contribution < -0.4 is 10.1 Å². The lowest BCUT2D eigenvalue weighted by molar-refractivity contribution is -0.115. The van der Waals surface area contributed by atoms with Crippen LogP contribution in [0.25, 0.3) is 0 Å². The molecule has 3 rings (SSSR count). The van der Waals surface area contributed by atoms with Crippen molar-refractivity contribution in [1.29, 1.82) is 0 Å². The number of thiazole rings is 1. The maximum absolute atomic E-state index is 12.4. The number of hydrogen-bond donors (Lipinski definition) is 1. The Labute approximate surface area is 173 Å². The molecule has 0 radical (unpaired) electrons. The molecule has 26 heavy (non-hydrogen) atoms. The first-order valence-electron chi connectivity index (χ1n) is 8.76. The SMILES string of the molecule is Cc1cc(NC(=O)Cc2csc(=NC3CCCCC3)n2C)ccc1Br.Cl. The van der Waals surface area contributed by atoms with Gasteiger partial charge in [-0.1, -0.05) is 35.2 Å². The summed E-state index contributed by atoms with van der Waals surface area (Å²) in [6, 6.07) is 6.29. The van der Waals surface area contributed by atoms with E-state index in [9.17, 15) is 4.79 Å². The van der Waals surface area contributed by atoms with Gasteiger partial charge in [0.1, 0.15) is 0 Å². The van der Waals surface area contributed by atoms with Gasteiger partial charge in [0, 0.05) is 28.3 Å². The van der Waals surface area contributed by atoms with Crippen molar-refractivity contribution in [1.82, 2.24) is 4.57 Å². The minimum Gasteiger partial charge on any atom is -0.326 e. The van der Waals surface area contributed by atoms with E-state index in [1.165, 1.54) is 32.1 Å². The lowest BCUT2D eigenvalue weighted by atomic mass is 9.96. The number of carbonyl (C=O) groups is 1. The molecule has 0 spiro atoms. The van der Waals surface area contributed by atoms with Gasteiger partial charge in [-0.3, -0.25) is 9.79 Å².